The summed E-state index contributed by atoms with van der Waals surface area (Å²) in [6, 6.07) is 20.1. The summed E-state index contributed by atoms with van der Waals surface area (Å²) in [5.74, 6) is 1.78. The van der Waals surface area contributed by atoms with Crippen LogP contribution in [0.5, 0.6) is 28.7 Å². The minimum absolute atomic E-state index is 0.0761. The normalized spacial score (nSPS) is 14.4. The van der Waals surface area contributed by atoms with Gasteiger partial charge in [0.05, 0.1) is 64.1 Å². The SMILES string of the molecule is COc1cc(N2c3cccc(OC)c3C(c3c(OC)cccc3OC)c3c(OC)cccc32)cc(C(F)(F)F)c1.F[P-](F)(F)(F)(F)F. The van der Waals surface area contributed by atoms with Crippen molar-refractivity contribution in [2.45, 2.75) is 12.1 Å². The van der Waals surface area contributed by atoms with Crippen molar-refractivity contribution in [2.75, 3.05) is 40.4 Å². The van der Waals surface area contributed by atoms with Gasteiger partial charge in [0.25, 0.3) is 0 Å². The number of anilines is 3. The molecule has 0 saturated carbocycles. The van der Waals surface area contributed by atoms with E-state index in [0.717, 1.165) is 17.7 Å². The van der Waals surface area contributed by atoms with Crippen LogP contribution >= 0.6 is 7.81 Å². The second kappa shape index (κ2) is 11.9. The molecule has 0 aromatic heterocycles. The van der Waals surface area contributed by atoms with Crippen LogP contribution in [0.4, 0.5) is 55.4 Å². The fraction of sp³-hybridized carbons (Fsp3) is 0.226. The van der Waals surface area contributed by atoms with E-state index in [1.54, 1.807) is 51.5 Å². The Morgan fingerprint density at radius 1 is 0.553 bits per heavy atom. The maximum atomic E-state index is 14.0. The molecule has 16 heteroatoms. The van der Waals surface area contributed by atoms with Crippen molar-refractivity contribution in [1.82, 2.24) is 0 Å². The van der Waals surface area contributed by atoms with Gasteiger partial charge in [0, 0.05) is 22.8 Å². The molecule has 256 valence electrons. The van der Waals surface area contributed by atoms with E-state index in [1.807, 2.05) is 42.5 Å². The summed E-state index contributed by atoms with van der Waals surface area (Å²) in [4.78, 5) is 1.77. The summed E-state index contributed by atoms with van der Waals surface area (Å²) in [6.07, 6.45) is -4.58. The van der Waals surface area contributed by atoms with E-state index in [2.05, 4.69) is 0 Å². The number of hydrogen-bond donors (Lipinski definition) is 0. The van der Waals surface area contributed by atoms with Gasteiger partial charge in [-0.1, -0.05) is 18.2 Å². The number of methoxy groups -OCH3 is 5. The summed E-state index contributed by atoms with van der Waals surface area (Å²) in [7, 11) is -3.05. The van der Waals surface area contributed by atoms with Gasteiger partial charge in [0.2, 0.25) is 0 Å². The van der Waals surface area contributed by atoms with Gasteiger partial charge in [0.15, 0.2) is 0 Å². The summed E-state index contributed by atoms with van der Waals surface area (Å²) in [5.41, 5.74) is 2.83. The van der Waals surface area contributed by atoms with E-state index >= 15 is 0 Å². The molecule has 0 unspecified atom stereocenters. The van der Waals surface area contributed by atoms with Gasteiger partial charge in [-0.3, -0.25) is 0 Å². The molecule has 1 aliphatic rings. The Labute approximate surface area is 263 Å². The fourth-order valence-electron chi connectivity index (χ4n) is 5.39. The number of rotatable bonds is 7. The average molecular weight is 697 g/mol. The summed E-state index contributed by atoms with van der Waals surface area (Å²) >= 11 is 0. The zero-order valence-corrected chi connectivity index (χ0v) is 26.2. The van der Waals surface area contributed by atoms with Gasteiger partial charge in [-0.15, -0.1) is 0 Å². The molecule has 0 atom stereocenters. The molecular formula is C31H28F9NO5P-. The molecule has 47 heavy (non-hydrogen) atoms. The maximum absolute atomic E-state index is 14.0. The van der Waals surface area contributed by atoms with E-state index in [1.165, 1.54) is 7.11 Å². The second-order valence-electron chi connectivity index (χ2n) is 10.0. The van der Waals surface area contributed by atoms with Gasteiger partial charge < -0.3 is 28.6 Å². The van der Waals surface area contributed by atoms with Gasteiger partial charge in [0.1, 0.15) is 28.7 Å². The zero-order valence-electron chi connectivity index (χ0n) is 25.3. The molecule has 0 bridgehead atoms. The van der Waals surface area contributed by atoms with Crippen molar-refractivity contribution in [1.29, 1.82) is 0 Å². The first kappa shape index (κ1) is 35.3. The Bertz CT molecular complexity index is 1690. The topological polar surface area (TPSA) is 49.4 Å². The van der Waals surface area contributed by atoms with Crippen molar-refractivity contribution in [2.24, 2.45) is 0 Å². The summed E-state index contributed by atoms with van der Waals surface area (Å²) in [5, 5.41) is 0. The van der Waals surface area contributed by atoms with Crippen LogP contribution in [0.3, 0.4) is 0 Å². The monoisotopic (exact) mass is 696 g/mol. The van der Waals surface area contributed by atoms with Crippen molar-refractivity contribution < 1.29 is 62.0 Å². The third-order valence-electron chi connectivity index (χ3n) is 7.05. The first-order chi connectivity index (χ1) is 21.7. The second-order valence-corrected chi connectivity index (χ2v) is 11.9. The predicted molar refractivity (Wildman–Crippen MR) is 160 cm³/mol. The predicted octanol–water partition coefficient (Wildman–Crippen LogP) is 11.1. The van der Waals surface area contributed by atoms with Crippen molar-refractivity contribution >= 4 is 24.9 Å². The van der Waals surface area contributed by atoms with Crippen LogP contribution in [-0.4, -0.2) is 35.5 Å². The van der Waals surface area contributed by atoms with Gasteiger partial charge >= 0.3 is 39.2 Å². The number of alkyl halides is 3. The fourth-order valence-corrected chi connectivity index (χ4v) is 5.39. The van der Waals surface area contributed by atoms with Crippen LogP contribution < -0.4 is 28.6 Å². The molecule has 0 fully saturated rings. The molecule has 4 aromatic carbocycles. The van der Waals surface area contributed by atoms with Crippen LogP contribution in [-0.2, 0) is 6.18 Å². The molecule has 0 amide bonds. The molecule has 5 rings (SSSR count). The van der Waals surface area contributed by atoms with Crippen LogP contribution in [0, 0.1) is 0 Å². The third kappa shape index (κ3) is 8.07. The van der Waals surface area contributed by atoms with E-state index in [4.69, 9.17) is 23.7 Å². The number of hydrogen-bond acceptors (Lipinski definition) is 6. The Morgan fingerprint density at radius 2 is 0.936 bits per heavy atom. The third-order valence-corrected chi connectivity index (χ3v) is 7.05. The molecule has 1 heterocycles. The molecular weight excluding hydrogens is 668 g/mol. The van der Waals surface area contributed by atoms with Crippen molar-refractivity contribution in [3.05, 3.63) is 95.1 Å². The minimum atomic E-state index is -10.7. The Kier molecular flexibility index (Phi) is 8.97. The quantitative estimate of drug-likeness (QED) is 0.125. The summed E-state index contributed by atoms with van der Waals surface area (Å²) < 4.78 is 130. The number of fused-ring (bicyclic) bond motifs is 2. The van der Waals surface area contributed by atoms with Gasteiger partial charge in [-0.05, 0) is 48.5 Å². The van der Waals surface area contributed by atoms with E-state index in [0.29, 0.717) is 45.5 Å². The first-order valence-electron chi connectivity index (χ1n) is 13.4. The van der Waals surface area contributed by atoms with Crippen molar-refractivity contribution in [3.8, 4) is 28.7 Å². The molecule has 0 aliphatic carbocycles. The standard InChI is InChI=1S/C31H28F3NO5.F6P/c1-36-20-16-18(31(32,33)34)15-19(17-20)35-21-9-6-11-23(37-2)27(21)30(28-22(35)10-7-12-24(28)38-3)29-25(39-4)13-8-14-26(29)40-5;1-7(2,3,4,5)6/h6-17,30H,1-5H3;/q;-1. The Morgan fingerprint density at radius 3 is 1.30 bits per heavy atom. The van der Waals surface area contributed by atoms with Crippen LogP contribution in [0.2, 0.25) is 0 Å². The van der Waals surface area contributed by atoms with Crippen molar-refractivity contribution in [3.63, 3.8) is 0 Å². The number of halogens is 9. The zero-order chi connectivity index (χ0) is 35.0. The van der Waals surface area contributed by atoms with Crippen LogP contribution in [0.1, 0.15) is 28.2 Å². The molecule has 0 saturated heterocycles. The molecule has 6 nitrogen and oxygen atoms in total. The van der Waals surface area contributed by atoms with Gasteiger partial charge in [-0.25, -0.2) is 0 Å². The molecule has 0 N–H and O–H groups in total. The summed E-state index contributed by atoms with van der Waals surface area (Å²) in [6.45, 7) is 0. The number of benzene rings is 4. The van der Waals surface area contributed by atoms with Crippen LogP contribution in [0.15, 0.2) is 72.8 Å². The van der Waals surface area contributed by atoms with E-state index in [9.17, 15) is 38.4 Å². The number of ether oxygens (including phenoxy) is 5. The molecule has 4 aromatic rings. The molecule has 1 aliphatic heterocycles. The number of nitrogens with zero attached hydrogens (tertiary/aromatic N) is 1. The Balaban J connectivity index is 0.000000644. The Hall–Kier alpha value is -4.52. The molecule has 0 spiro atoms. The first-order valence-corrected chi connectivity index (χ1v) is 15.4. The average Bonchev–Trinajstić information content (AvgIpc) is 3.00. The molecule has 0 radical (unpaired) electrons. The van der Waals surface area contributed by atoms with Gasteiger partial charge in [-0.2, -0.15) is 13.2 Å². The van der Waals surface area contributed by atoms with E-state index in [-0.39, 0.29) is 11.4 Å². The van der Waals surface area contributed by atoms with E-state index < -0.39 is 25.5 Å². The van der Waals surface area contributed by atoms with Crippen LogP contribution in [0.25, 0.3) is 0 Å².